The van der Waals surface area contributed by atoms with E-state index in [1.54, 1.807) is 0 Å². The van der Waals surface area contributed by atoms with Gasteiger partial charge < -0.3 is 32.1 Å². The fraction of sp³-hybridized carbons (Fsp3) is 0.700. The van der Waals surface area contributed by atoms with E-state index in [0.29, 0.717) is 6.61 Å². The molecule has 0 N–H and O–H groups in total. The van der Waals surface area contributed by atoms with Crippen molar-refractivity contribution in [2.24, 2.45) is 0 Å². The van der Waals surface area contributed by atoms with Crippen LogP contribution in [0.25, 0.3) is 21.9 Å². The lowest BCUT2D eigenvalue weighted by Crippen LogP contribution is -2.45. The van der Waals surface area contributed by atoms with Crippen LogP contribution in [0.3, 0.4) is 0 Å². The van der Waals surface area contributed by atoms with E-state index in [-0.39, 0.29) is 27.8 Å². The smallest absolute Gasteiger partial charge is 0.387 e. The lowest BCUT2D eigenvalue weighted by molar-refractivity contribution is -0.228. The molecule has 0 spiro atoms. The fourth-order valence-electron chi connectivity index (χ4n) is 6.95. The molecular weight excluding hydrogens is 639 g/mol. The van der Waals surface area contributed by atoms with Gasteiger partial charge in [0.15, 0.2) is 17.9 Å². The van der Waals surface area contributed by atoms with Gasteiger partial charge >= 0.3 is 8.24 Å². The zero-order chi connectivity index (χ0) is 36.3. The Labute approximate surface area is 294 Å². The molecule has 4 heterocycles. The third-order valence-corrected chi connectivity index (χ3v) is 10.9. The Hall–Kier alpha value is -1.90. The van der Waals surface area contributed by atoms with Crippen molar-refractivity contribution in [2.45, 2.75) is 175 Å². The first-order valence-electron chi connectivity index (χ1n) is 17.8. The Kier molecular flexibility index (Phi) is 8.89. The first-order chi connectivity index (χ1) is 22.2. The van der Waals surface area contributed by atoms with Crippen molar-refractivity contribution in [2.75, 3.05) is 6.61 Å². The molecule has 3 fully saturated rings. The van der Waals surface area contributed by atoms with Crippen molar-refractivity contribution >= 4 is 30.2 Å². The van der Waals surface area contributed by atoms with Gasteiger partial charge in [0.2, 0.25) is 0 Å². The van der Waals surface area contributed by atoms with Crippen LogP contribution in [0, 0.1) is 0 Å². The van der Waals surface area contributed by atoms with Gasteiger partial charge in [-0.2, -0.15) is 0 Å². The number of rotatable bonds is 3. The molecule has 0 unspecified atom stereocenters. The molecule has 1 aromatic heterocycles. The second kappa shape index (κ2) is 11.8. The highest BCUT2D eigenvalue weighted by Crippen LogP contribution is 2.48. The molecule has 3 aromatic rings. The summed E-state index contributed by atoms with van der Waals surface area (Å²) in [5.74, 6) is -1.58. The second-order valence-electron chi connectivity index (χ2n) is 19.2. The minimum Gasteiger partial charge on any atom is -0.399 e. The Morgan fingerprint density at radius 1 is 0.612 bits per heavy atom. The van der Waals surface area contributed by atoms with Crippen LogP contribution in [0.15, 0.2) is 32.7 Å². The van der Waals surface area contributed by atoms with Crippen LogP contribution in [-0.2, 0) is 45.3 Å². The summed E-state index contributed by atoms with van der Waals surface area (Å²) in [6.07, 6.45) is -2.66. The normalized spacial score (nSPS) is 27.3. The molecule has 9 heteroatoms. The predicted octanol–water partition coefficient (Wildman–Crippen LogP) is 10.3. The van der Waals surface area contributed by atoms with Crippen molar-refractivity contribution in [1.82, 2.24) is 0 Å². The first kappa shape index (κ1) is 36.9. The molecule has 2 aromatic carbocycles. The maximum absolute atomic E-state index is 7.07. The van der Waals surface area contributed by atoms with Gasteiger partial charge in [0.1, 0.15) is 35.6 Å². The summed E-state index contributed by atoms with van der Waals surface area (Å²) >= 11 is 0. The molecule has 49 heavy (non-hydrogen) atoms. The van der Waals surface area contributed by atoms with Gasteiger partial charge in [0.05, 0.1) is 6.61 Å². The van der Waals surface area contributed by atoms with E-state index in [4.69, 9.17) is 36.6 Å². The van der Waals surface area contributed by atoms with Crippen LogP contribution >= 0.6 is 8.24 Å². The van der Waals surface area contributed by atoms with Crippen molar-refractivity contribution < 1.29 is 36.6 Å². The maximum Gasteiger partial charge on any atom is 0.387 e. The highest BCUT2D eigenvalue weighted by Gasteiger charge is 2.59. The molecule has 0 radical (unpaired) electrons. The monoisotopic (exact) mass is 698 g/mol. The summed E-state index contributed by atoms with van der Waals surface area (Å²) in [5, 5.41) is 2.04. The van der Waals surface area contributed by atoms with E-state index in [0.717, 1.165) is 33.1 Å². The third-order valence-electron chi connectivity index (χ3n) is 9.78. The first-order valence-corrected chi connectivity index (χ1v) is 18.9. The van der Waals surface area contributed by atoms with Gasteiger partial charge in [0, 0.05) is 21.9 Å². The van der Waals surface area contributed by atoms with E-state index in [1.807, 2.05) is 27.7 Å². The molecule has 6 rings (SSSR count). The van der Waals surface area contributed by atoms with Gasteiger partial charge in [0.25, 0.3) is 0 Å². The van der Waals surface area contributed by atoms with E-state index in [1.165, 1.54) is 11.1 Å². The summed E-state index contributed by atoms with van der Waals surface area (Å²) in [6.45, 7) is 34.9. The van der Waals surface area contributed by atoms with Gasteiger partial charge in [-0.1, -0.05) is 95.2 Å². The molecule has 8 nitrogen and oxygen atoms in total. The van der Waals surface area contributed by atoms with Gasteiger partial charge in [-0.3, -0.25) is 4.52 Å². The van der Waals surface area contributed by atoms with Crippen LogP contribution < -0.4 is 4.52 Å². The molecular formula is C40H59O8P. The molecule has 0 amide bonds. The minimum atomic E-state index is -2.02. The lowest BCUT2D eigenvalue weighted by Gasteiger charge is -2.28. The minimum absolute atomic E-state index is 0.0920. The average molecular weight is 699 g/mol. The fourth-order valence-corrected chi connectivity index (χ4v) is 8.20. The second-order valence-corrected chi connectivity index (χ2v) is 20.2. The number of fused-ring (bicyclic) bond motifs is 4. The Morgan fingerprint density at radius 2 is 1.10 bits per heavy atom. The Bertz CT molecular complexity index is 1680. The summed E-state index contributed by atoms with van der Waals surface area (Å²) in [4.78, 5) is 0. The van der Waals surface area contributed by atoms with Crippen LogP contribution in [0.4, 0.5) is 0 Å². The van der Waals surface area contributed by atoms with Crippen LogP contribution in [0.2, 0.25) is 0 Å². The SMILES string of the molecule is CC1(C)O[C@H]2O[C@H]([C@H]3COC(C)(C)O3)[C@@H](Op3oc4c(C(C)(C)C)cc(C(C)(C)C)cc4c4cc(C(C)(C)C)cc(C(C)(C)C)c4o3)[C@H]2O1. The molecule has 0 saturated carbocycles. The molecule has 3 aliphatic rings. The third kappa shape index (κ3) is 7.26. The van der Waals surface area contributed by atoms with Gasteiger partial charge in [-0.15, -0.1) is 0 Å². The number of benzene rings is 2. The molecule has 5 atom stereocenters. The maximum atomic E-state index is 7.07. The van der Waals surface area contributed by atoms with Crippen LogP contribution in [0.1, 0.15) is 133 Å². The van der Waals surface area contributed by atoms with Crippen molar-refractivity contribution in [3.63, 3.8) is 0 Å². The highest BCUT2D eigenvalue weighted by atomic mass is 31.1. The number of ether oxygens (including phenoxy) is 5. The quantitative estimate of drug-likeness (QED) is 0.267. The van der Waals surface area contributed by atoms with Crippen molar-refractivity contribution in [1.29, 1.82) is 0 Å². The van der Waals surface area contributed by atoms with E-state index in [2.05, 4.69) is 107 Å². The van der Waals surface area contributed by atoms with Gasteiger partial charge in [-0.05, 0) is 72.6 Å². The topological polar surface area (TPSA) is 81.7 Å². The zero-order valence-corrected chi connectivity index (χ0v) is 33.5. The largest absolute Gasteiger partial charge is 0.399 e. The molecule has 272 valence electrons. The number of hydrogen-bond donors (Lipinski definition) is 0. The van der Waals surface area contributed by atoms with E-state index in [9.17, 15) is 0 Å². The molecule has 0 bridgehead atoms. The lowest BCUT2D eigenvalue weighted by atomic mass is 9.77. The highest BCUT2D eigenvalue weighted by molar-refractivity contribution is 7.31. The zero-order valence-electron chi connectivity index (χ0n) is 32.6. The molecule has 3 aliphatic heterocycles. The van der Waals surface area contributed by atoms with E-state index >= 15 is 0 Å². The summed E-state index contributed by atoms with van der Waals surface area (Å²) in [7, 11) is -2.02. The Balaban J connectivity index is 1.67. The van der Waals surface area contributed by atoms with E-state index < -0.39 is 44.4 Å². The van der Waals surface area contributed by atoms with Crippen LogP contribution in [0.5, 0.6) is 0 Å². The molecule has 3 saturated heterocycles. The standard InChI is InChI=1S/C40H59O8P/c1-35(2,3)22-17-24-25-18-23(36(4,5)6)20-27(38(10,11)12)30(25)47-49(46-29(24)26(19-22)37(7,8)9)48-32-31(28-21-41-39(13,14)43-28)42-34-33(32)44-40(15,16)45-34/h17-20,28,31-34H,21H2,1-16H3/t28-,31-,32-,33-,34-/m1/s1. The summed E-state index contributed by atoms with van der Waals surface area (Å²) in [5.41, 5.74) is 5.61. The average Bonchev–Trinajstić information content (AvgIpc) is 3.50. The van der Waals surface area contributed by atoms with Crippen molar-refractivity contribution in [3.05, 3.63) is 46.5 Å². The van der Waals surface area contributed by atoms with Crippen molar-refractivity contribution in [3.8, 4) is 0 Å². The van der Waals surface area contributed by atoms with Crippen LogP contribution in [-0.4, -0.2) is 48.9 Å². The van der Waals surface area contributed by atoms with Gasteiger partial charge in [-0.25, -0.2) is 0 Å². The molecule has 0 aliphatic carbocycles. The summed E-state index contributed by atoms with van der Waals surface area (Å²) < 4.78 is 52.6. The predicted molar refractivity (Wildman–Crippen MR) is 195 cm³/mol. The number of hydrogen-bond acceptors (Lipinski definition) is 8. The Morgan fingerprint density at radius 3 is 1.51 bits per heavy atom. The summed E-state index contributed by atoms with van der Waals surface area (Å²) in [6, 6.07) is 9.19.